The van der Waals surface area contributed by atoms with Gasteiger partial charge in [-0.3, -0.25) is 10.2 Å². The quantitative estimate of drug-likeness (QED) is 0.533. The van der Waals surface area contributed by atoms with Crippen LogP contribution in [0.2, 0.25) is 0 Å². The molecule has 20 heavy (non-hydrogen) atoms. The molecule has 0 aliphatic rings. The van der Waals surface area contributed by atoms with Gasteiger partial charge in [0.2, 0.25) is 0 Å². The topological polar surface area (TPSA) is 89.7 Å². The molecule has 6 nitrogen and oxygen atoms in total. The lowest BCUT2D eigenvalue weighted by molar-refractivity contribution is -0.963. The van der Waals surface area contributed by atoms with Gasteiger partial charge in [0.05, 0.1) is 12.1 Å². The number of aromatic carboxylic acids is 1. The number of hydrogen-bond acceptors (Lipinski definition) is 4. The first-order valence-electron chi connectivity index (χ1n) is 5.60. The Morgan fingerprint density at radius 2 is 2.20 bits per heavy atom. The minimum Gasteiger partial charge on any atom is -0.611 e. The van der Waals surface area contributed by atoms with Crippen molar-refractivity contribution in [1.29, 1.82) is 0 Å². The fourth-order valence-corrected chi connectivity index (χ4v) is 1.35. The predicted molar refractivity (Wildman–Crippen MR) is 62.5 cm³/mol. The molecule has 0 radical (unpaired) electrons. The van der Waals surface area contributed by atoms with Gasteiger partial charge in [-0.15, -0.1) is 0 Å². The highest BCUT2D eigenvalue weighted by molar-refractivity contribution is 5.89. The van der Waals surface area contributed by atoms with Crippen molar-refractivity contribution >= 4 is 5.97 Å². The third-order valence-electron chi connectivity index (χ3n) is 2.41. The van der Waals surface area contributed by atoms with Crippen LogP contribution in [-0.2, 0) is 6.54 Å². The number of halogens is 3. The molecule has 1 unspecified atom stereocenters. The highest BCUT2D eigenvalue weighted by Gasteiger charge is 2.24. The highest BCUT2D eigenvalue weighted by atomic mass is 19.3. The first-order chi connectivity index (χ1) is 9.12. The van der Waals surface area contributed by atoms with Gasteiger partial charge in [-0.05, 0) is 11.6 Å². The van der Waals surface area contributed by atoms with Gasteiger partial charge in [-0.25, -0.2) is 13.6 Å². The molecule has 0 saturated heterocycles. The van der Waals surface area contributed by atoms with E-state index in [-0.39, 0.29) is 12.1 Å². The van der Waals surface area contributed by atoms with E-state index in [1.54, 1.807) is 0 Å². The molecule has 0 saturated carbocycles. The van der Waals surface area contributed by atoms with E-state index in [0.29, 0.717) is 0 Å². The number of hydroxylamine groups is 1. The minimum absolute atomic E-state index is 0.185. The Morgan fingerprint density at radius 3 is 2.65 bits per heavy atom. The van der Waals surface area contributed by atoms with Crippen molar-refractivity contribution in [3.05, 3.63) is 34.3 Å². The molecule has 0 fully saturated rings. The van der Waals surface area contributed by atoms with Crippen LogP contribution in [0.4, 0.5) is 13.2 Å². The molecule has 3 N–H and O–H groups in total. The van der Waals surface area contributed by atoms with Crippen molar-refractivity contribution < 1.29 is 28.2 Å². The normalized spacial score (nSPS) is 13.6. The Labute approximate surface area is 112 Å². The van der Waals surface area contributed by atoms with Gasteiger partial charge in [0, 0.05) is 20.0 Å². The number of pyridine rings is 1. The van der Waals surface area contributed by atoms with E-state index in [1.807, 2.05) is 0 Å². The Morgan fingerprint density at radius 1 is 1.60 bits per heavy atom. The number of carbonyl (C=O) groups is 1. The maximum atomic E-state index is 13.2. The second-order valence-electron chi connectivity index (χ2n) is 4.54. The average Bonchev–Trinajstić information content (AvgIpc) is 2.34. The molecule has 112 valence electrons. The number of nitrogens with zero attached hydrogens (tertiary/aromatic N) is 1. The Balaban J connectivity index is 2.88. The van der Waals surface area contributed by atoms with Crippen molar-refractivity contribution in [2.75, 3.05) is 0 Å². The second kappa shape index (κ2) is 6.16. The molecule has 1 heterocycles. The highest BCUT2D eigenvalue weighted by Crippen LogP contribution is 2.21. The lowest BCUT2D eigenvalue weighted by atomic mass is 10.1. The van der Waals surface area contributed by atoms with Crippen molar-refractivity contribution in [2.45, 2.75) is 32.6 Å². The van der Waals surface area contributed by atoms with Crippen molar-refractivity contribution in [2.24, 2.45) is 0 Å². The first kappa shape index (κ1) is 16.3. The maximum Gasteiger partial charge on any atom is 0.337 e. The summed E-state index contributed by atoms with van der Waals surface area (Å²) in [6, 6.07) is 0.975. The van der Waals surface area contributed by atoms with Crippen molar-refractivity contribution in [1.82, 2.24) is 10.4 Å². The van der Waals surface area contributed by atoms with Crippen LogP contribution < -0.4 is 10.6 Å². The summed E-state index contributed by atoms with van der Waals surface area (Å²) in [5.74, 6) is -3.64. The van der Waals surface area contributed by atoms with Gasteiger partial charge in [0.25, 0.3) is 12.2 Å². The molecule has 0 spiro atoms. The number of carboxylic acid groups (broad SMARTS) is 1. The molecule has 1 rings (SSSR count). The molecular formula is C11H14F3N3O3. The third kappa shape index (κ3) is 4.15. The standard InChI is InChI=1S/C11H14F3N3O3/c1-11(2,14)17(20)16-5-6-3-7(10(18)19)8(9(12)13)15-4-6/h3-4,9,16-17H,5H2,1-2H3,(H,18,19). The summed E-state index contributed by atoms with van der Waals surface area (Å²) in [4.78, 5) is 14.2. The Hall–Kier alpha value is -1.71. The summed E-state index contributed by atoms with van der Waals surface area (Å²) >= 11 is 0. The number of carboxylic acids is 1. The fraction of sp³-hybridized carbons (Fsp3) is 0.455. The SMILES string of the molecule is CC(C)(F)[NH+]([O-])NCc1cnc(C(F)F)c(C(=O)O)c1. The van der Waals surface area contributed by atoms with E-state index in [1.165, 1.54) is 0 Å². The van der Waals surface area contributed by atoms with Crippen LogP contribution in [0.3, 0.4) is 0 Å². The molecule has 0 aromatic carbocycles. The number of hydrogen-bond donors (Lipinski definition) is 3. The zero-order valence-corrected chi connectivity index (χ0v) is 10.8. The monoisotopic (exact) mass is 293 g/mol. The number of quaternary nitrogens is 1. The molecule has 0 aliphatic carbocycles. The van der Waals surface area contributed by atoms with E-state index in [2.05, 4.69) is 10.4 Å². The summed E-state index contributed by atoms with van der Waals surface area (Å²) < 4.78 is 38.3. The van der Waals surface area contributed by atoms with Crippen LogP contribution in [0, 0.1) is 5.21 Å². The molecule has 1 atom stereocenters. The summed E-state index contributed by atoms with van der Waals surface area (Å²) in [5.41, 5.74) is 0.908. The first-order valence-corrected chi connectivity index (χ1v) is 5.60. The molecule has 9 heteroatoms. The maximum absolute atomic E-state index is 13.2. The lowest BCUT2D eigenvalue weighted by Gasteiger charge is -2.30. The van der Waals surface area contributed by atoms with Gasteiger partial charge >= 0.3 is 5.97 Å². The third-order valence-corrected chi connectivity index (χ3v) is 2.41. The van der Waals surface area contributed by atoms with Crippen LogP contribution in [0.1, 0.15) is 41.9 Å². The van der Waals surface area contributed by atoms with Crippen LogP contribution in [0.25, 0.3) is 0 Å². The Kier molecular flexibility index (Phi) is 5.03. The minimum atomic E-state index is -3.02. The molecule has 1 aromatic heterocycles. The number of rotatable bonds is 6. The van der Waals surface area contributed by atoms with Crippen LogP contribution in [-0.4, -0.2) is 21.9 Å². The Bertz CT molecular complexity index is 492. The van der Waals surface area contributed by atoms with E-state index >= 15 is 0 Å². The molecule has 0 bridgehead atoms. The fourth-order valence-electron chi connectivity index (χ4n) is 1.35. The zero-order chi connectivity index (χ0) is 15.5. The van der Waals surface area contributed by atoms with Gasteiger partial charge < -0.3 is 10.3 Å². The van der Waals surface area contributed by atoms with Crippen molar-refractivity contribution in [3.8, 4) is 0 Å². The molecule has 0 aliphatic heterocycles. The lowest BCUT2D eigenvalue weighted by Crippen LogP contribution is -3.20. The van der Waals surface area contributed by atoms with E-state index < -0.39 is 34.6 Å². The van der Waals surface area contributed by atoms with E-state index in [9.17, 15) is 23.2 Å². The van der Waals surface area contributed by atoms with E-state index in [4.69, 9.17) is 5.11 Å². The summed E-state index contributed by atoms with van der Waals surface area (Å²) in [6.45, 7) is 1.91. The average molecular weight is 293 g/mol. The zero-order valence-electron chi connectivity index (χ0n) is 10.8. The largest absolute Gasteiger partial charge is 0.611 e. The van der Waals surface area contributed by atoms with Crippen LogP contribution >= 0.6 is 0 Å². The summed E-state index contributed by atoms with van der Waals surface area (Å²) in [6.07, 6.45) is -2.01. The smallest absolute Gasteiger partial charge is 0.337 e. The summed E-state index contributed by atoms with van der Waals surface area (Å²) in [5, 5.41) is 19.2. The van der Waals surface area contributed by atoms with Gasteiger partial charge in [0.1, 0.15) is 5.69 Å². The second-order valence-corrected chi connectivity index (χ2v) is 4.54. The molecule has 1 aromatic rings. The van der Waals surface area contributed by atoms with Crippen LogP contribution in [0.5, 0.6) is 0 Å². The number of aromatic nitrogens is 1. The van der Waals surface area contributed by atoms with Gasteiger partial charge in [0.15, 0.2) is 0 Å². The van der Waals surface area contributed by atoms with Crippen LogP contribution in [0.15, 0.2) is 12.3 Å². The van der Waals surface area contributed by atoms with Crippen molar-refractivity contribution in [3.63, 3.8) is 0 Å². The van der Waals surface area contributed by atoms with E-state index in [0.717, 1.165) is 26.1 Å². The summed E-state index contributed by atoms with van der Waals surface area (Å²) in [7, 11) is 0. The molecule has 0 amide bonds. The van der Waals surface area contributed by atoms with Gasteiger partial charge in [-0.1, -0.05) is 0 Å². The van der Waals surface area contributed by atoms with Gasteiger partial charge in [-0.2, -0.15) is 9.82 Å². The number of alkyl halides is 3. The number of nitrogens with one attached hydrogen (secondary N) is 2. The molecular weight excluding hydrogens is 279 g/mol. The predicted octanol–water partition coefficient (Wildman–Crippen LogP) is 0.810.